The summed E-state index contributed by atoms with van der Waals surface area (Å²) in [6.07, 6.45) is 0.964. The van der Waals surface area contributed by atoms with Crippen LogP contribution < -0.4 is 0 Å². The molecule has 3 aromatic rings. The van der Waals surface area contributed by atoms with Crippen molar-refractivity contribution in [2.75, 3.05) is 33.2 Å². The van der Waals surface area contributed by atoms with Gasteiger partial charge >= 0.3 is 0 Å². The van der Waals surface area contributed by atoms with Crippen LogP contribution in [0.3, 0.4) is 0 Å². The van der Waals surface area contributed by atoms with Gasteiger partial charge in [0.05, 0.1) is 22.3 Å². The summed E-state index contributed by atoms with van der Waals surface area (Å²) in [5.74, 6) is 1.58. The molecular formula is C20H24N4O3. The fourth-order valence-corrected chi connectivity index (χ4v) is 3.71. The van der Waals surface area contributed by atoms with Crippen LogP contribution in [0.15, 0.2) is 21.1 Å². The molecule has 0 N–H and O–H groups in total. The van der Waals surface area contributed by atoms with E-state index in [9.17, 15) is 4.79 Å². The van der Waals surface area contributed by atoms with Crippen molar-refractivity contribution in [1.82, 2.24) is 19.9 Å². The molecule has 7 nitrogen and oxygen atoms in total. The zero-order chi connectivity index (χ0) is 19.1. The Morgan fingerprint density at radius 3 is 2.67 bits per heavy atom. The van der Waals surface area contributed by atoms with E-state index in [0.29, 0.717) is 34.6 Å². The smallest absolute Gasteiger partial charge is 0.259 e. The molecule has 1 aliphatic heterocycles. The lowest BCUT2D eigenvalue weighted by Crippen LogP contribution is -2.34. The van der Waals surface area contributed by atoms with Gasteiger partial charge in [-0.3, -0.25) is 4.79 Å². The fraction of sp³-hybridized carbons (Fsp3) is 0.450. The van der Waals surface area contributed by atoms with E-state index in [1.54, 1.807) is 0 Å². The van der Waals surface area contributed by atoms with Crippen LogP contribution in [0.5, 0.6) is 0 Å². The second kappa shape index (κ2) is 6.81. The lowest BCUT2D eigenvalue weighted by atomic mass is 10.0. The number of hydrogen-bond acceptors (Lipinski definition) is 6. The average molecular weight is 368 g/mol. The van der Waals surface area contributed by atoms with Crippen LogP contribution in [-0.2, 0) is 0 Å². The first-order valence-electron chi connectivity index (χ1n) is 9.26. The number of carbonyl (C=O) groups is 1. The monoisotopic (exact) mass is 368 g/mol. The Morgan fingerprint density at radius 2 is 1.93 bits per heavy atom. The molecule has 4 heterocycles. The molecule has 0 spiro atoms. The number of furan rings is 1. The number of aryl methyl sites for hydroxylation is 3. The normalized spacial score (nSPS) is 16.1. The summed E-state index contributed by atoms with van der Waals surface area (Å²) in [5, 5.41) is 4.73. The van der Waals surface area contributed by atoms with Gasteiger partial charge < -0.3 is 18.7 Å². The van der Waals surface area contributed by atoms with E-state index in [2.05, 4.69) is 22.1 Å². The van der Waals surface area contributed by atoms with E-state index >= 15 is 0 Å². The summed E-state index contributed by atoms with van der Waals surface area (Å²) in [7, 11) is 2.09. The summed E-state index contributed by atoms with van der Waals surface area (Å²) < 4.78 is 11.1. The van der Waals surface area contributed by atoms with E-state index in [1.165, 1.54) is 0 Å². The highest BCUT2D eigenvalue weighted by Gasteiger charge is 2.25. The molecule has 1 saturated heterocycles. The minimum absolute atomic E-state index is 0.00289. The second-order valence-corrected chi connectivity index (χ2v) is 7.28. The van der Waals surface area contributed by atoms with Gasteiger partial charge in [-0.05, 0) is 52.9 Å². The third kappa shape index (κ3) is 3.23. The van der Waals surface area contributed by atoms with Crippen molar-refractivity contribution in [3.05, 3.63) is 34.9 Å². The highest BCUT2D eigenvalue weighted by Crippen LogP contribution is 2.31. The maximum atomic E-state index is 13.4. The van der Waals surface area contributed by atoms with E-state index in [4.69, 9.17) is 8.94 Å². The summed E-state index contributed by atoms with van der Waals surface area (Å²) >= 11 is 0. The first-order chi connectivity index (χ1) is 12.9. The SMILES string of the molecule is Cc1cc(-c2cc(C(=O)N3CCCN(C)CC3)c3c(C)noc3n2)c(C)o1. The number of likely N-dealkylation sites (N-methyl/N-ethyl adjacent to an activating group) is 1. The van der Waals surface area contributed by atoms with E-state index in [-0.39, 0.29) is 5.91 Å². The van der Waals surface area contributed by atoms with Crippen molar-refractivity contribution >= 4 is 17.0 Å². The molecule has 1 amide bonds. The maximum Gasteiger partial charge on any atom is 0.259 e. The van der Waals surface area contributed by atoms with Gasteiger partial charge in [-0.2, -0.15) is 0 Å². The van der Waals surface area contributed by atoms with Gasteiger partial charge in [0.15, 0.2) is 0 Å². The van der Waals surface area contributed by atoms with E-state index in [1.807, 2.05) is 37.8 Å². The minimum atomic E-state index is 0.00289. The van der Waals surface area contributed by atoms with Gasteiger partial charge in [-0.15, -0.1) is 0 Å². The van der Waals surface area contributed by atoms with Gasteiger partial charge in [0.25, 0.3) is 11.6 Å². The summed E-state index contributed by atoms with van der Waals surface area (Å²) in [6, 6.07) is 3.78. The van der Waals surface area contributed by atoms with Gasteiger partial charge in [0.1, 0.15) is 11.5 Å². The van der Waals surface area contributed by atoms with Crippen LogP contribution in [0.4, 0.5) is 0 Å². The molecule has 0 bridgehead atoms. The van der Waals surface area contributed by atoms with Crippen molar-refractivity contribution in [3.8, 4) is 11.3 Å². The summed E-state index contributed by atoms with van der Waals surface area (Å²) in [6.45, 7) is 8.96. The number of aromatic nitrogens is 2. The average Bonchev–Trinajstić information content (AvgIpc) is 3.09. The van der Waals surface area contributed by atoms with Crippen LogP contribution in [0.25, 0.3) is 22.4 Å². The molecule has 0 saturated carbocycles. The van der Waals surface area contributed by atoms with Crippen molar-refractivity contribution in [2.24, 2.45) is 0 Å². The number of rotatable bonds is 2. The Balaban J connectivity index is 1.82. The van der Waals surface area contributed by atoms with Crippen molar-refractivity contribution in [3.63, 3.8) is 0 Å². The van der Waals surface area contributed by atoms with Crippen molar-refractivity contribution in [1.29, 1.82) is 0 Å². The summed E-state index contributed by atoms with van der Waals surface area (Å²) in [5.41, 5.74) is 3.20. The third-order valence-corrected chi connectivity index (χ3v) is 5.17. The zero-order valence-corrected chi connectivity index (χ0v) is 16.2. The number of amides is 1. The molecule has 3 aromatic heterocycles. The topological polar surface area (TPSA) is 75.6 Å². The van der Waals surface area contributed by atoms with Gasteiger partial charge in [0.2, 0.25) is 0 Å². The molecular weight excluding hydrogens is 344 g/mol. The Kier molecular flexibility index (Phi) is 4.47. The maximum absolute atomic E-state index is 13.4. The molecule has 27 heavy (non-hydrogen) atoms. The molecule has 0 aromatic carbocycles. The third-order valence-electron chi connectivity index (χ3n) is 5.17. The second-order valence-electron chi connectivity index (χ2n) is 7.28. The van der Waals surface area contributed by atoms with Gasteiger partial charge in [0, 0.05) is 25.2 Å². The first-order valence-corrected chi connectivity index (χ1v) is 9.26. The van der Waals surface area contributed by atoms with Crippen molar-refractivity contribution < 1.29 is 13.7 Å². The fourth-order valence-electron chi connectivity index (χ4n) is 3.71. The van der Waals surface area contributed by atoms with Crippen LogP contribution in [0, 0.1) is 20.8 Å². The van der Waals surface area contributed by atoms with Crippen LogP contribution in [0.2, 0.25) is 0 Å². The van der Waals surface area contributed by atoms with Crippen LogP contribution in [0.1, 0.15) is 34.0 Å². The Morgan fingerprint density at radius 1 is 1.11 bits per heavy atom. The highest BCUT2D eigenvalue weighted by molar-refractivity contribution is 6.07. The van der Waals surface area contributed by atoms with E-state index in [0.717, 1.165) is 43.1 Å². The zero-order valence-electron chi connectivity index (χ0n) is 16.2. The summed E-state index contributed by atoms with van der Waals surface area (Å²) in [4.78, 5) is 22.1. The van der Waals surface area contributed by atoms with Crippen molar-refractivity contribution in [2.45, 2.75) is 27.2 Å². The predicted octanol–water partition coefficient (Wildman–Crippen LogP) is 3.19. The Hall–Kier alpha value is -2.67. The predicted molar refractivity (Wildman–Crippen MR) is 102 cm³/mol. The molecule has 142 valence electrons. The molecule has 0 aliphatic carbocycles. The number of carbonyl (C=O) groups excluding carboxylic acids is 1. The van der Waals surface area contributed by atoms with Gasteiger partial charge in [-0.25, -0.2) is 4.98 Å². The quantitative estimate of drug-likeness (QED) is 0.691. The Bertz CT molecular complexity index is 1000. The van der Waals surface area contributed by atoms with Crippen LogP contribution in [-0.4, -0.2) is 59.1 Å². The molecule has 1 fully saturated rings. The molecule has 7 heteroatoms. The molecule has 0 atom stereocenters. The Labute approximate surface area is 157 Å². The molecule has 1 aliphatic rings. The highest BCUT2D eigenvalue weighted by atomic mass is 16.5. The number of fused-ring (bicyclic) bond motifs is 1. The lowest BCUT2D eigenvalue weighted by Gasteiger charge is -2.21. The van der Waals surface area contributed by atoms with Crippen LogP contribution >= 0.6 is 0 Å². The number of pyridine rings is 1. The van der Waals surface area contributed by atoms with E-state index < -0.39 is 0 Å². The molecule has 0 unspecified atom stereocenters. The standard InChI is InChI=1S/C20H24N4O3/c1-12-10-15(14(3)26-12)17-11-16(18-13(2)22-27-19(18)21-17)20(25)24-7-5-6-23(4)8-9-24/h10-11H,5-9H2,1-4H3. The molecule has 4 rings (SSSR count). The number of nitrogens with zero attached hydrogens (tertiary/aromatic N) is 4. The minimum Gasteiger partial charge on any atom is -0.466 e. The number of hydrogen-bond donors (Lipinski definition) is 0. The first kappa shape index (κ1) is 17.7. The molecule has 0 radical (unpaired) electrons. The lowest BCUT2D eigenvalue weighted by molar-refractivity contribution is 0.0764. The van der Waals surface area contributed by atoms with Gasteiger partial charge in [-0.1, -0.05) is 5.16 Å². The largest absolute Gasteiger partial charge is 0.466 e.